The zero-order valence-electron chi connectivity index (χ0n) is 19.1. The molecule has 9 heteroatoms. The highest BCUT2D eigenvalue weighted by Gasteiger charge is 2.32. The van der Waals surface area contributed by atoms with Crippen LogP contribution in [0.15, 0.2) is 63.8 Å². The molecule has 0 fully saturated rings. The van der Waals surface area contributed by atoms with Crippen molar-refractivity contribution in [2.24, 2.45) is 15.2 Å². The van der Waals surface area contributed by atoms with Gasteiger partial charge in [0, 0.05) is 19.0 Å². The van der Waals surface area contributed by atoms with Gasteiger partial charge in [0.25, 0.3) is 11.8 Å². The number of aliphatic imine (C=N–C) groups is 1. The van der Waals surface area contributed by atoms with Gasteiger partial charge in [0.05, 0.1) is 5.69 Å². The van der Waals surface area contributed by atoms with E-state index in [1.165, 1.54) is 4.90 Å². The fourth-order valence-corrected chi connectivity index (χ4v) is 3.46. The second-order valence-electron chi connectivity index (χ2n) is 8.56. The summed E-state index contributed by atoms with van der Waals surface area (Å²) in [6.45, 7) is 3.13. The number of nitrogens with one attached hydrogen (secondary N) is 1. The maximum absolute atomic E-state index is 13.1. The molecule has 2 heterocycles. The molecular weight excluding hydrogens is 434 g/mol. The molecule has 34 heavy (non-hydrogen) atoms. The van der Waals surface area contributed by atoms with Crippen molar-refractivity contribution in [1.29, 1.82) is 0 Å². The standard InChI is InChI=1S/C25H25N5O4/c1-25(2,33)12-11-17-9-10-20-19(13-17)30(3)24(32)18(15-34-20)26-23(31)22-27-21(28-29-22)14-16-7-5-4-6-8-16/h4-10,13,18,21,33H,14-15H2,1-3H3,(H,26,31)/t18-,21?/m0/s1. The summed E-state index contributed by atoms with van der Waals surface area (Å²) < 4.78 is 5.80. The lowest BCUT2D eigenvalue weighted by Gasteiger charge is -2.20. The molecular formula is C25H25N5O4. The van der Waals surface area contributed by atoms with Gasteiger partial charge in [-0.3, -0.25) is 9.59 Å². The molecule has 1 unspecified atom stereocenters. The molecule has 4 rings (SSSR count). The number of hydrogen-bond acceptors (Lipinski definition) is 7. The molecule has 2 atom stereocenters. The first kappa shape index (κ1) is 23.1. The number of nitrogens with zero attached hydrogens (tertiary/aromatic N) is 4. The Morgan fingerprint density at radius 3 is 2.76 bits per heavy atom. The first-order valence-corrected chi connectivity index (χ1v) is 10.8. The summed E-state index contributed by atoms with van der Waals surface area (Å²) >= 11 is 0. The second-order valence-corrected chi connectivity index (χ2v) is 8.56. The van der Waals surface area contributed by atoms with Crippen LogP contribution in [0.25, 0.3) is 0 Å². The maximum Gasteiger partial charge on any atom is 0.291 e. The van der Waals surface area contributed by atoms with Crippen molar-refractivity contribution >= 4 is 23.3 Å². The smallest absolute Gasteiger partial charge is 0.291 e. The quantitative estimate of drug-likeness (QED) is 0.681. The van der Waals surface area contributed by atoms with Crippen molar-refractivity contribution in [1.82, 2.24) is 5.32 Å². The number of fused-ring (bicyclic) bond motifs is 1. The number of likely N-dealkylation sites (N-methyl/N-ethyl adjacent to an activating group) is 1. The molecule has 174 valence electrons. The lowest BCUT2D eigenvalue weighted by molar-refractivity contribution is -0.124. The van der Waals surface area contributed by atoms with E-state index >= 15 is 0 Å². The number of rotatable bonds is 4. The third-order valence-corrected chi connectivity index (χ3v) is 5.19. The van der Waals surface area contributed by atoms with Gasteiger partial charge < -0.3 is 20.1 Å². The number of azo groups is 1. The van der Waals surface area contributed by atoms with E-state index in [2.05, 4.69) is 32.4 Å². The van der Waals surface area contributed by atoms with E-state index in [1.54, 1.807) is 39.1 Å². The number of amides is 2. The average molecular weight is 460 g/mol. The normalized spacial score (nSPS) is 19.4. The highest BCUT2D eigenvalue weighted by molar-refractivity contribution is 6.38. The number of amidine groups is 1. The predicted octanol–water partition coefficient (Wildman–Crippen LogP) is 2.08. The molecule has 2 aromatic carbocycles. The highest BCUT2D eigenvalue weighted by Crippen LogP contribution is 2.31. The van der Waals surface area contributed by atoms with Gasteiger partial charge in [-0.05, 0) is 37.6 Å². The van der Waals surface area contributed by atoms with Crippen LogP contribution in [0.5, 0.6) is 5.75 Å². The van der Waals surface area contributed by atoms with Crippen LogP contribution < -0.4 is 15.0 Å². The Bertz CT molecular complexity index is 1220. The Morgan fingerprint density at radius 1 is 1.26 bits per heavy atom. The summed E-state index contributed by atoms with van der Waals surface area (Å²) in [6.07, 6.45) is 0.0585. The number of benzene rings is 2. The fourth-order valence-electron chi connectivity index (χ4n) is 3.46. The third kappa shape index (κ3) is 5.47. The van der Waals surface area contributed by atoms with E-state index in [1.807, 2.05) is 30.3 Å². The Labute approximate surface area is 197 Å². The van der Waals surface area contributed by atoms with Crippen LogP contribution in [0, 0.1) is 11.8 Å². The fraction of sp³-hybridized carbons (Fsp3) is 0.320. The molecule has 0 radical (unpaired) electrons. The molecule has 0 spiro atoms. The predicted molar refractivity (Wildman–Crippen MR) is 127 cm³/mol. The SMILES string of the molecule is CN1C(=O)[C@@H](NC(=O)C2=NC(Cc3ccccc3)N=N2)COc2ccc(C#CC(C)(C)O)cc21. The number of carbonyl (C=O) groups excluding carboxylic acids is 2. The maximum atomic E-state index is 13.1. The van der Waals surface area contributed by atoms with Crippen LogP contribution >= 0.6 is 0 Å². The molecule has 9 nitrogen and oxygen atoms in total. The molecule has 0 saturated carbocycles. The Balaban J connectivity index is 1.44. The van der Waals surface area contributed by atoms with Crippen molar-refractivity contribution in [3.63, 3.8) is 0 Å². The zero-order chi connectivity index (χ0) is 24.3. The molecule has 0 saturated heterocycles. The first-order valence-electron chi connectivity index (χ1n) is 10.8. The highest BCUT2D eigenvalue weighted by atomic mass is 16.5. The van der Waals surface area contributed by atoms with Crippen molar-refractivity contribution in [3.05, 3.63) is 59.7 Å². The van der Waals surface area contributed by atoms with E-state index in [9.17, 15) is 14.7 Å². The van der Waals surface area contributed by atoms with Crippen LogP contribution in [0.3, 0.4) is 0 Å². The van der Waals surface area contributed by atoms with Crippen LogP contribution in [0.4, 0.5) is 5.69 Å². The summed E-state index contributed by atoms with van der Waals surface area (Å²) in [5, 5.41) is 20.4. The average Bonchev–Trinajstić information content (AvgIpc) is 3.24. The minimum Gasteiger partial charge on any atom is -0.489 e. The second kappa shape index (κ2) is 9.45. The molecule has 0 bridgehead atoms. The molecule has 0 aliphatic carbocycles. The summed E-state index contributed by atoms with van der Waals surface area (Å²) in [7, 11) is 1.60. The summed E-state index contributed by atoms with van der Waals surface area (Å²) in [4.78, 5) is 31.5. The van der Waals surface area contributed by atoms with Crippen molar-refractivity contribution in [2.75, 3.05) is 18.6 Å². The molecule has 2 aliphatic rings. The summed E-state index contributed by atoms with van der Waals surface area (Å²) in [5.74, 6) is 5.12. The minimum atomic E-state index is -1.14. The van der Waals surface area contributed by atoms with Crippen molar-refractivity contribution in [3.8, 4) is 17.6 Å². The summed E-state index contributed by atoms with van der Waals surface area (Å²) in [5.41, 5.74) is 1.04. The van der Waals surface area contributed by atoms with Gasteiger partial charge >= 0.3 is 0 Å². The third-order valence-electron chi connectivity index (χ3n) is 5.19. The number of hydrogen-bond donors (Lipinski definition) is 2. The lowest BCUT2D eigenvalue weighted by atomic mass is 10.1. The molecule has 2 aliphatic heterocycles. The van der Waals surface area contributed by atoms with Gasteiger partial charge in [0.2, 0.25) is 5.84 Å². The van der Waals surface area contributed by atoms with Crippen LogP contribution in [0.1, 0.15) is 25.0 Å². The minimum absolute atomic E-state index is 0.0471. The molecule has 2 aromatic rings. The van der Waals surface area contributed by atoms with E-state index in [0.29, 0.717) is 23.4 Å². The first-order chi connectivity index (χ1) is 16.2. The van der Waals surface area contributed by atoms with Gasteiger partial charge in [0.15, 0.2) is 6.17 Å². The van der Waals surface area contributed by atoms with E-state index in [0.717, 1.165) is 5.56 Å². The summed E-state index contributed by atoms with van der Waals surface area (Å²) in [6, 6.07) is 13.9. The number of ether oxygens (including phenoxy) is 1. The van der Waals surface area contributed by atoms with E-state index in [4.69, 9.17) is 4.74 Å². The van der Waals surface area contributed by atoms with Gasteiger partial charge in [-0.25, -0.2) is 4.99 Å². The van der Waals surface area contributed by atoms with Gasteiger partial charge in [0.1, 0.15) is 24.0 Å². The Hall–Kier alpha value is -4.03. The molecule has 2 N–H and O–H groups in total. The number of carbonyl (C=O) groups is 2. The van der Waals surface area contributed by atoms with Crippen molar-refractivity contribution in [2.45, 2.75) is 38.1 Å². The van der Waals surface area contributed by atoms with Crippen LogP contribution in [-0.4, -0.2) is 54.2 Å². The van der Waals surface area contributed by atoms with Gasteiger partial charge in [-0.2, -0.15) is 5.11 Å². The van der Waals surface area contributed by atoms with E-state index < -0.39 is 23.7 Å². The van der Waals surface area contributed by atoms with Gasteiger partial charge in [-0.1, -0.05) is 42.2 Å². The lowest BCUT2D eigenvalue weighted by Crippen LogP contribution is -2.50. The zero-order valence-corrected chi connectivity index (χ0v) is 19.1. The van der Waals surface area contributed by atoms with E-state index in [-0.39, 0.29) is 18.3 Å². The Morgan fingerprint density at radius 2 is 2.03 bits per heavy atom. The number of aliphatic hydroxyl groups is 1. The van der Waals surface area contributed by atoms with Crippen molar-refractivity contribution < 1.29 is 19.4 Å². The van der Waals surface area contributed by atoms with Crippen LogP contribution in [-0.2, 0) is 16.0 Å². The largest absolute Gasteiger partial charge is 0.489 e. The van der Waals surface area contributed by atoms with Crippen LogP contribution in [0.2, 0.25) is 0 Å². The Kier molecular flexibility index (Phi) is 6.43. The van der Waals surface area contributed by atoms with Gasteiger partial charge in [-0.15, -0.1) is 5.11 Å². The topological polar surface area (TPSA) is 116 Å². The number of anilines is 1. The monoisotopic (exact) mass is 459 g/mol. The molecule has 2 amide bonds. The molecule has 0 aromatic heterocycles.